The molecule has 36 heavy (non-hydrogen) atoms. The van der Waals surface area contributed by atoms with Crippen molar-refractivity contribution in [1.29, 1.82) is 0 Å². The van der Waals surface area contributed by atoms with Gasteiger partial charge >= 0.3 is 0 Å². The number of piperazine rings is 1. The van der Waals surface area contributed by atoms with Gasteiger partial charge in [0.15, 0.2) is 0 Å². The summed E-state index contributed by atoms with van der Waals surface area (Å²) in [4.78, 5) is 41.9. The summed E-state index contributed by atoms with van der Waals surface area (Å²) in [5.41, 5.74) is 1.04. The Morgan fingerprint density at radius 3 is 2.22 bits per heavy atom. The van der Waals surface area contributed by atoms with Crippen molar-refractivity contribution in [2.24, 2.45) is 0 Å². The van der Waals surface area contributed by atoms with Crippen LogP contribution in [0.1, 0.15) is 25.6 Å². The molecule has 1 saturated heterocycles. The van der Waals surface area contributed by atoms with Crippen molar-refractivity contribution < 1.29 is 27.2 Å². The Morgan fingerprint density at radius 2 is 1.61 bits per heavy atom. The molecular formula is C25H24FN3O5S2. The maximum absolute atomic E-state index is 13.5. The van der Waals surface area contributed by atoms with Gasteiger partial charge in [0.2, 0.25) is 15.2 Å². The predicted molar refractivity (Wildman–Crippen MR) is 133 cm³/mol. The molecule has 0 bridgehead atoms. The largest absolute Gasteiger partial charge is 0.336 e. The minimum Gasteiger partial charge on any atom is -0.336 e. The summed E-state index contributed by atoms with van der Waals surface area (Å²) in [6.07, 6.45) is 0. The summed E-state index contributed by atoms with van der Waals surface area (Å²) in [6, 6.07) is 14.6. The summed E-state index contributed by atoms with van der Waals surface area (Å²) in [5, 5.41) is 2.25. The van der Waals surface area contributed by atoms with Crippen LogP contribution in [0.25, 0.3) is 0 Å². The van der Waals surface area contributed by atoms with Crippen LogP contribution in [0.5, 0.6) is 0 Å². The number of benzene rings is 2. The third kappa shape index (κ3) is 5.47. The summed E-state index contributed by atoms with van der Waals surface area (Å²) in [7, 11) is -4.27. The van der Waals surface area contributed by atoms with Gasteiger partial charge in [-0.1, -0.05) is 29.8 Å². The molecule has 3 amide bonds. The van der Waals surface area contributed by atoms with Crippen LogP contribution < -0.4 is 5.32 Å². The molecule has 2 aromatic carbocycles. The van der Waals surface area contributed by atoms with Crippen LogP contribution in [-0.4, -0.2) is 67.5 Å². The van der Waals surface area contributed by atoms with Crippen LogP contribution in [0.2, 0.25) is 0 Å². The monoisotopic (exact) mass is 529 g/mol. The van der Waals surface area contributed by atoms with Gasteiger partial charge in [0, 0.05) is 31.7 Å². The molecule has 1 N–H and O–H groups in total. The Labute approximate surface area is 212 Å². The molecule has 0 radical (unpaired) electrons. The highest BCUT2D eigenvalue weighted by Crippen LogP contribution is 2.20. The standard InChI is InChI=1S/C25H24FN3O5S2/c1-17-7-9-20(10-8-17)36(33,34)23(27-22(30)21-6-3-15-35-21)25(32)29-13-11-28(12-14-29)24(31)18-4-2-5-19(26)16-18/h2-10,15-16,23H,11-14H2,1H3,(H,27,30)/t23-/m0/s1. The number of carbonyl (C=O) groups excluding carboxylic acids is 3. The van der Waals surface area contributed by atoms with E-state index < -0.39 is 32.8 Å². The smallest absolute Gasteiger partial charge is 0.262 e. The molecule has 1 atom stereocenters. The highest BCUT2D eigenvalue weighted by atomic mass is 32.2. The second kappa shape index (κ2) is 10.6. The lowest BCUT2D eigenvalue weighted by molar-refractivity contribution is -0.132. The second-order valence-corrected chi connectivity index (χ2v) is 11.3. The Hall–Kier alpha value is -3.57. The first-order valence-corrected chi connectivity index (χ1v) is 13.6. The third-order valence-corrected chi connectivity index (χ3v) is 8.58. The van der Waals surface area contributed by atoms with Crippen molar-refractivity contribution in [1.82, 2.24) is 15.1 Å². The van der Waals surface area contributed by atoms with Crippen molar-refractivity contribution in [3.05, 3.63) is 87.9 Å². The van der Waals surface area contributed by atoms with Gasteiger partial charge in [0.25, 0.3) is 17.7 Å². The minimum absolute atomic E-state index is 0.0642. The highest BCUT2D eigenvalue weighted by molar-refractivity contribution is 7.92. The molecule has 8 nitrogen and oxygen atoms in total. The van der Waals surface area contributed by atoms with Gasteiger partial charge in [-0.15, -0.1) is 11.3 Å². The van der Waals surface area contributed by atoms with Crippen molar-refractivity contribution in [3.63, 3.8) is 0 Å². The maximum Gasteiger partial charge on any atom is 0.262 e. The zero-order valence-electron chi connectivity index (χ0n) is 19.4. The molecule has 2 heterocycles. The van der Waals surface area contributed by atoms with Gasteiger partial charge in [-0.05, 0) is 48.7 Å². The first-order chi connectivity index (χ1) is 17.2. The zero-order chi connectivity index (χ0) is 25.9. The van der Waals surface area contributed by atoms with E-state index in [-0.39, 0.29) is 47.4 Å². The molecule has 0 aliphatic carbocycles. The van der Waals surface area contributed by atoms with Crippen molar-refractivity contribution >= 4 is 38.9 Å². The number of nitrogens with zero attached hydrogens (tertiary/aromatic N) is 2. The number of amides is 3. The molecule has 0 unspecified atom stereocenters. The van der Waals surface area contributed by atoms with Crippen molar-refractivity contribution in [2.75, 3.05) is 26.2 Å². The van der Waals surface area contributed by atoms with Gasteiger partial charge in [0.05, 0.1) is 9.77 Å². The SMILES string of the molecule is Cc1ccc(S(=O)(=O)[C@H](NC(=O)c2cccs2)C(=O)N2CCN(C(=O)c3cccc(F)c3)CC2)cc1. The van der Waals surface area contributed by atoms with Crippen molar-refractivity contribution in [3.8, 4) is 0 Å². The zero-order valence-corrected chi connectivity index (χ0v) is 21.0. The van der Waals surface area contributed by atoms with E-state index in [1.165, 1.54) is 46.2 Å². The Balaban J connectivity index is 1.53. The minimum atomic E-state index is -4.27. The van der Waals surface area contributed by atoms with E-state index in [0.717, 1.165) is 23.0 Å². The van der Waals surface area contributed by atoms with Gasteiger partial charge < -0.3 is 15.1 Å². The first-order valence-electron chi connectivity index (χ1n) is 11.2. The van der Waals surface area contributed by atoms with Crippen LogP contribution in [0.3, 0.4) is 0 Å². The lowest BCUT2D eigenvalue weighted by atomic mass is 10.1. The number of nitrogens with one attached hydrogen (secondary N) is 1. The molecule has 0 saturated carbocycles. The van der Waals surface area contributed by atoms with Crippen LogP contribution >= 0.6 is 11.3 Å². The molecule has 1 aliphatic rings. The highest BCUT2D eigenvalue weighted by Gasteiger charge is 2.39. The summed E-state index contributed by atoms with van der Waals surface area (Å²) in [6.45, 7) is 2.21. The molecule has 3 aromatic rings. The molecule has 1 aliphatic heterocycles. The van der Waals surface area contributed by atoms with E-state index in [2.05, 4.69) is 5.32 Å². The normalized spacial score (nSPS) is 14.8. The average molecular weight is 530 g/mol. The Kier molecular flexibility index (Phi) is 7.51. The number of aryl methyl sites for hydroxylation is 1. The average Bonchev–Trinajstić information content (AvgIpc) is 3.42. The molecule has 1 fully saturated rings. The maximum atomic E-state index is 13.5. The van der Waals surface area contributed by atoms with Crippen LogP contribution in [-0.2, 0) is 14.6 Å². The molecule has 11 heteroatoms. The van der Waals surface area contributed by atoms with E-state index in [0.29, 0.717) is 0 Å². The number of sulfone groups is 1. The molecule has 188 valence electrons. The van der Waals surface area contributed by atoms with Crippen LogP contribution in [0, 0.1) is 12.7 Å². The van der Waals surface area contributed by atoms with Crippen molar-refractivity contribution in [2.45, 2.75) is 17.2 Å². The number of carbonyl (C=O) groups is 3. The number of thiophene rings is 1. The van der Waals surface area contributed by atoms with Gasteiger partial charge in [-0.25, -0.2) is 12.8 Å². The molecule has 1 aromatic heterocycles. The number of hydrogen-bond donors (Lipinski definition) is 1. The first kappa shape index (κ1) is 25.5. The third-order valence-electron chi connectivity index (χ3n) is 5.84. The summed E-state index contributed by atoms with van der Waals surface area (Å²) >= 11 is 1.13. The Morgan fingerprint density at radius 1 is 0.944 bits per heavy atom. The molecule has 0 spiro atoms. The van der Waals surface area contributed by atoms with Gasteiger partial charge in [-0.3, -0.25) is 14.4 Å². The lowest BCUT2D eigenvalue weighted by Crippen LogP contribution is -2.57. The number of hydrogen-bond acceptors (Lipinski definition) is 6. The summed E-state index contributed by atoms with van der Waals surface area (Å²) < 4.78 is 40.4. The second-order valence-electron chi connectivity index (χ2n) is 8.32. The van der Waals surface area contributed by atoms with Gasteiger partial charge in [0.1, 0.15) is 5.82 Å². The van der Waals surface area contributed by atoms with Crippen LogP contribution in [0.15, 0.2) is 70.9 Å². The van der Waals surface area contributed by atoms with E-state index in [4.69, 9.17) is 0 Å². The lowest BCUT2D eigenvalue weighted by Gasteiger charge is -2.36. The number of rotatable bonds is 6. The molecule has 4 rings (SSSR count). The van der Waals surface area contributed by atoms with Gasteiger partial charge in [-0.2, -0.15) is 0 Å². The number of halogens is 1. The topological polar surface area (TPSA) is 104 Å². The fourth-order valence-electron chi connectivity index (χ4n) is 3.83. The van der Waals surface area contributed by atoms with E-state index in [9.17, 15) is 27.2 Å². The Bertz CT molecular complexity index is 1370. The van der Waals surface area contributed by atoms with E-state index in [1.54, 1.807) is 23.6 Å². The molecular weight excluding hydrogens is 505 g/mol. The fraction of sp³-hybridized carbons (Fsp3) is 0.240. The fourth-order valence-corrected chi connectivity index (χ4v) is 5.93. The quantitative estimate of drug-likeness (QED) is 0.529. The summed E-state index contributed by atoms with van der Waals surface area (Å²) in [5.74, 6) is -2.35. The predicted octanol–water partition coefficient (Wildman–Crippen LogP) is 2.71. The van der Waals surface area contributed by atoms with E-state index in [1.807, 2.05) is 6.92 Å². The van der Waals surface area contributed by atoms with E-state index >= 15 is 0 Å². The van der Waals surface area contributed by atoms with Crippen LogP contribution in [0.4, 0.5) is 4.39 Å².